The largest absolute Gasteiger partial charge is 0.347 e. The number of hydrogen-bond acceptors (Lipinski definition) is 4. The van der Waals surface area contributed by atoms with Crippen molar-refractivity contribution < 1.29 is 19.2 Å². The Morgan fingerprint density at radius 2 is 1.58 bits per heavy atom. The molecule has 1 aromatic rings. The molecule has 0 aromatic heterocycles. The topological polar surface area (TPSA) is 95.6 Å². The van der Waals surface area contributed by atoms with Gasteiger partial charge >= 0.3 is 0 Å². The van der Waals surface area contributed by atoms with Gasteiger partial charge in [0.15, 0.2) is 0 Å². The zero-order valence-corrected chi connectivity index (χ0v) is 14.6. The molecule has 138 valence electrons. The summed E-state index contributed by atoms with van der Waals surface area (Å²) in [5.74, 6) is -1.37. The summed E-state index contributed by atoms with van der Waals surface area (Å²) in [5, 5.41) is 5.19. The Hall–Kier alpha value is -2.70. The summed E-state index contributed by atoms with van der Waals surface area (Å²) in [4.78, 5) is 49.7. The van der Waals surface area contributed by atoms with Gasteiger partial charge in [0.2, 0.25) is 23.6 Å². The van der Waals surface area contributed by atoms with Crippen LogP contribution < -0.4 is 10.6 Å². The highest BCUT2D eigenvalue weighted by molar-refractivity contribution is 6.05. The van der Waals surface area contributed by atoms with E-state index in [1.54, 1.807) is 24.3 Å². The third-order valence-corrected chi connectivity index (χ3v) is 5.00. The number of imide groups is 1. The first kappa shape index (κ1) is 18.1. The van der Waals surface area contributed by atoms with Gasteiger partial charge in [-0.25, -0.2) is 0 Å². The van der Waals surface area contributed by atoms with Crippen LogP contribution in [0.3, 0.4) is 0 Å². The number of carbonyl (C=O) groups excluding carboxylic acids is 4. The number of carbonyl (C=O) groups is 4. The van der Waals surface area contributed by atoms with Crippen molar-refractivity contribution in [3.05, 3.63) is 30.3 Å². The zero-order chi connectivity index (χ0) is 18.5. The molecule has 2 N–H and O–H groups in total. The molecule has 0 bridgehead atoms. The summed E-state index contributed by atoms with van der Waals surface area (Å²) in [7, 11) is 0. The van der Waals surface area contributed by atoms with Crippen molar-refractivity contribution in [2.75, 3.05) is 18.4 Å². The molecule has 2 aliphatic rings. The molecule has 7 heteroatoms. The molecule has 0 spiro atoms. The van der Waals surface area contributed by atoms with Crippen molar-refractivity contribution in [3.8, 4) is 0 Å². The van der Waals surface area contributed by atoms with Crippen LogP contribution in [0, 0.1) is 11.8 Å². The maximum atomic E-state index is 12.3. The monoisotopic (exact) mass is 357 g/mol. The molecule has 3 rings (SSSR count). The van der Waals surface area contributed by atoms with E-state index in [2.05, 4.69) is 10.6 Å². The van der Waals surface area contributed by atoms with Gasteiger partial charge in [-0.15, -0.1) is 0 Å². The molecular weight excluding hydrogens is 334 g/mol. The smallest absolute Gasteiger partial charge is 0.243 e. The summed E-state index contributed by atoms with van der Waals surface area (Å²) in [6.07, 6.45) is 3.49. The van der Waals surface area contributed by atoms with Crippen LogP contribution >= 0.6 is 0 Å². The Morgan fingerprint density at radius 3 is 2.19 bits per heavy atom. The molecule has 1 aliphatic carbocycles. The van der Waals surface area contributed by atoms with Gasteiger partial charge < -0.3 is 10.6 Å². The highest BCUT2D eigenvalue weighted by atomic mass is 16.2. The molecular formula is C19H23N3O4. The Balaban J connectivity index is 1.42. The van der Waals surface area contributed by atoms with E-state index < -0.39 is 0 Å². The minimum absolute atomic E-state index is 0.00946. The van der Waals surface area contributed by atoms with E-state index in [1.807, 2.05) is 6.07 Å². The van der Waals surface area contributed by atoms with Gasteiger partial charge in [0.1, 0.15) is 0 Å². The normalized spacial score (nSPS) is 22.1. The molecule has 2 unspecified atom stereocenters. The number of fused-ring (bicyclic) bond motifs is 1. The summed E-state index contributed by atoms with van der Waals surface area (Å²) >= 11 is 0. The lowest BCUT2D eigenvalue weighted by atomic mass is 9.81. The van der Waals surface area contributed by atoms with Crippen molar-refractivity contribution in [1.29, 1.82) is 0 Å². The molecule has 1 aromatic carbocycles. The number of amides is 4. The molecule has 1 heterocycles. The number of para-hydroxylation sites is 1. The van der Waals surface area contributed by atoms with Gasteiger partial charge in [-0.1, -0.05) is 31.0 Å². The predicted octanol–water partition coefficient (Wildman–Crippen LogP) is 1.31. The maximum absolute atomic E-state index is 12.3. The third-order valence-electron chi connectivity index (χ3n) is 5.00. The van der Waals surface area contributed by atoms with Crippen molar-refractivity contribution in [1.82, 2.24) is 10.2 Å². The first-order valence-corrected chi connectivity index (χ1v) is 9.03. The number of nitrogens with one attached hydrogen (secondary N) is 2. The van der Waals surface area contributed by atoms with Gasteiger partial charge in [0.05, 0.1) is 18.4 Å². The number of hydrogen-bond donors (Lipinski definition) is 2. The van der Waals surface area contributed by atoms with Gasteiger partial charge in [0.25, 0.3) is 0 Å². The summed E-state index contributed by atoms with van der Waals surface area (Å²) in [6.45, 7) is -0.0718. The van der Waals surface area contributed by atoms with Crippen LogP contribution in [-0.2, 0) is 19.2 Å². The van der Waals surface area contributed by atoms with Crippen LogP contribution in [0.5, 0.6) is 0 Å². The Bertz CT molecular complexity index is 680. The van der Waals surface area contributed by atoms with Gasteiger partial charge in [0, 0.05) is 18.7 Å². The highest BCUT2D eigenvalue weighted by Gasteiger charge is 2.47. The standard InChI is InChI=1S/C19H23N3O4/c23-16(20-12-17(24)21-13-6-2-1-3-7-13)10-11-22-18(25)14-8-4-5-9-15(14)19(22)26/h1-3,6-7,14-15H,4-5,8-12H2,(H,20,23)(H,21,24). The minimum atomic E-state index is -0.358. The Labute approximate surface area is 152 Å². The minimum Gasteiger partial charge on any atom is -0.347 e. The number of rotatable bonds is 6. The van der Waals surface area contributed by atoms with Crippen molar-refractivity contribution in [2.45, 2.75) is 32.1 Å². The second-order valence-electron chi connectivity index (χ2n) is 6.77. The van der Waals surface area contributed by atoms with Crippen molar-refractivity contribution in [2.24, 2.45) is 11.8 Å². The summed E-state index contributed by atoms with van der Waals surface area (Å²) in [5.41, 5.74) is 0.655. The molecule has 7 nitrogen and oxygen atoms in total. The van der Waals surface area contributed by atoms with Crippen LogP contribution in [0.2, 0.25) is 0 Å². The van der Waals surface area contributed by atoms with E-state index in [0.29, 0.717) is 5.69 Å². The number of benzene rings is 1. The molecule has 26 heavy (non-hydrogen) atoms. The third kappa shape index (κ3) is 4.09. The first-order valence-electron chi connectivity index (χ1n) is 9.03. The fourth-order valence-electron chi connectivity index (χ4n) is 3.66. The average Bonchev–Trinajstić information content (AvgIpc) is 2.90. The molecule has 0 radical (unpaired) electrons. The van der Waals surface area contributed by atoms with E-state index in [-0.39, 0.29) is 55.0 Å². The van der Waals surface area contributed by atoms with E-state index in [4.69, 9.17) is 0 Å². The van der Waals surface area contributed by atoms with E-state index >= 15 is 0 Å². The molecule has 4 amide bonds. The fraction of sp³-hybridized carbons (Fsp3) is 0.474. The molecule has 2 fully saturated rings. The van der Waals surface area contributed by atoms with Crippen LogP contribution in [0.15, 0.2) is 30.3 Å². The van der Waals surface area contributed by atoms with Crippen LogP contribution in [0.25, 0.3) is 0 Å². The lowest BCUT2D eigenvalue weighted by molar-refractivity contribution is -0.140. The molecule has 1 saturated carbocycles. The van der Waals surface area contributed by atoms with Crippen LogP contribution in [0.1, 0.15) is 32.1 Å². The number of anilines is 1. The summed E-state index contributed by atoms with van der Waals surface area (Å²) in [6, 6.07) is 8.95. The SMILES string of the molecule is O=C(CCN1C(=O)C2CCCCC2C1=O)NCC(=O)Nc1ccccc1. The van der Waals surface area contributed by atoms with Gasteiger partial charge in [-0.05, 0) is 25.0 Å². The van der Waals surface area contributed by atoms with Gasteiger partial charge in [-0.2, -0.15) is 0 Å². The first-order chi connectivity index (χ1) is 12.6. The molecule has 1 aliphatic heterocycles. The van der Waals surface area contributed by atoms with E-state index in [9.17, 15) is 19.2 Å². The van der Waals surface area contributed by atoms with E-state index in [1.165, 1.54) is 4.90 Å². The fourth-order valence-corrected chi connectivity index (χ4v) is 3.66. The predicted molar refractivity (Wildman–Crippen MR) is 94.9 cm³/mol. The molecule has 1 saturated heterocycles. The second-order valence-corrected chi connectivity index (χ2v) is 6.77. The quantitative estimate of drug-likeness (QED) is 0.750. The Morgan fingerprint density at radius 1 is 0.962 bits per heavy atom. The lowest BCUT2D eigenvalue weighted by Crippen LogP contribution is -2.37. The number of nitrogens with zero attached hydrogens (tertiary/aromatic N) is 1. The summed E-state index contributed by atoms with van der Waals surface area (Å²) < 4.78 is 0. The Kier molecular flexibility index (Phi) is 5.65. The maximum Gasteiger partial charge on any atom is 0.243 e. The zero-order valence-electron chi connectivity index (χ0n) is 14.6. The van der Waals surface area contributed by atoms with Crippen molar-refractivity contribution in [3.63, 3.8) is 0 Å². The average molecular weight is 357 g/mol. The van der Waals surface area contributed by atoms with Crippen LogP contribution in [0.4, 0.5) is 5.69 Å². The second kappa shape index (κ2) is 8.12. The van der Waals surface area contributed by atoms with Gasteiger partial charge in [-0.3, -0.25) is 24.1 Å². The lowest BCUT2D eigenvalue weighted by Gasteiger charge is -2.19. The number of likely N-dealkylation sites (tertiary alicyclic amines) is 1. The highest BCUT2D eigenvalue weighted by Crippen LogP contribution is 2.37. The molecule has 2 atom stereocenters. The van der Waals surface area contributed by atoms with Crippen molar-refractivity contribution >= 4 is 29.3 Å². The van der Waals surface area contributed by atoms with E-state index in [0.717, 1.165) is 25.7 Å². The van der Waals surface area contributed by atoms with Crippen LogP contribution in [-0.4, -0.2) is 41.6 Å².